The van der Waals surface area contributed by atoms with Crippen LogP contribution in [-0.2, 0) is 19.1 Å². The fraction of sp³-hybridized carbons (Fsp3) is 0.848. The third kappa shape index (κ3) is 17.9. The average Bonchev–Trinajstić information content (AvgIpc) is 2.97. The standard InChI is InChI=1S/C33H60O10/c1-6-7-8-9-10-11-12-13-17-26(35)27(36)18-15-14-16-22(2)19-23(3)20-24(4)29(37)25(5)33(42)43-28(21-34)30(38)31(39)32(40)41/h20,22-23,25-28,30-31,34-36,38-39H,6-19,21H2,1-5H3,(H,40,41)/b24-20+. The molecule has 0 saturated heterocycles. The van der Waals surface area contributed by atoms with Crippen molar-refractivity contribution in [3.63, 3.8) is 0 Å². The molecule has 43 heavy (non-hydrogen) atoms. The molecule has 0 amide bonds. The Hall–Kier alpha value is -1.85. The lowest BCUT2D eigenvalue weighted by molar-refractivity contribution is -0.176. The van der Waals surface area contributed by atoms with Gasteiger partial charge in [-0.25, -0.2) is 4.79 Å². The number of carboxylic acid groups (broad SMARTS) is 1. The van der Waals surface area contributed by atoms with Gasteiger partial charge in [-0.2, -0.15) is 0 Å². The number of rotatable bonds is 26. The molecule has 0 fully saturated rings. The summed E-state index contributed by atoms with van der Waals surface area (Å²) in [5.41, 5.74) is 0.365. The lowest BCUT2D eigenvalue weighted by Gasteiger charge is -2.24. The largest absolute Gasteiger partial charge is 0.479 e. The van der Waals surface area contributed by atoms with E-state index in [2.05, 4.69) is 13.8 Å². The Labute approximate surface area is 258 Å². The first-order valence-electron chi connectivity index (χ1n) is 16.3. The van der Waals surface area contributed by atoms with E-state index in [-0.39, 0.29) is 5.92 Å². The van der Waals surface area contributed by atoms with Gasteiger partial charge in [0.05, 0.1) is 18.8 Å². The van der Waals surface area contributed by atoms with Gasteiger partial charge in [0, 0.05) is 0 Å². The van der Waals surface area contributed by atoms with Crippen molar-refractivity contribution < 1.29 is 49.8 Å². The van der Waals surface area contributed by atoms with Gasteiger partial charge < -0.3 is 35.4 Å². The molecule has 10 nitrogen and oxygen atoms in total. The van der Waals surface area contributed by atoms with E-state index >= 15 is 0 Å². The highest BCUT2D eigenvalue weighted by Crippen LogP contribution is 2.22. The second-order valence-electron chi connectivity index (χ2n) is 12.4. The molecule has 0 bridgehead atoms. The number of unbranched alkanes of at least 4 members (excludes halogenated alkanes) is 8. The third-order valence-corrected chi connectivity index (χ3v) is 8.09. The zero-order valence-corrected chi connectivity index (χ0v) is 27.1. The van der Waals surface area contributed by atoms with E-state index in [1.165, 1.54) is 45.4 Å². The molecule has 6 N–H and O–H groups in total. The highest BCUT2D eigenvalue weighted by molar-refractivity contribution is 6.07. The van der Waals surface area contributed by atoms with Crippen molar-refractivity contribution in [2.24, 2.45) is 17.8 Å². The average molecular weight is 617 g/mol. The quantitative estimate of drug-likeness (QED) is 0.0354. The van der Waals surface area contributed by atoms with Crippen molar-refractivity contribution in [2.45, 2.75) is 155 Å². The molecule has 0 aliphatic carbocycles. The Morgan fingerprint density at radius 1 is 0.767 bits per heavy atom. The summed E-state index contributed by atoms with van der Waals surface area (Å²) in [4.78, 5) is 36.0. The number of Topliss-reactive ketones (excluding diaryl/α,β-unsaturated/α-hetero) is 1. The second kappa shape index (κ2) is 23.5. The van der Waals surface area contributed by atoms with E-state index in [0.717, 1.165) is 38.5 Å². The zero-order valence-electron chi connectivity index (χ0n) is 27.1. The van der Waals surface area contributed by atoms with Crippen LogP contribution < -0.4 is 0 Å². The molecule has 0 aromatic carbocycles. The minimum Gasteiger partial charge on any atom is -0.479 e. The molecule has 0 aliphatic rings. The molecule has 8 atom stereocenters. The number of carbonyl (C=O) groups is 3. The molecule has 10 heteroatoms. The van der Waals surface area contributed by atoms with Crippen molar-refractivity contribution in [1.82, 2.24) is 0 Å². The smallest absolute Gasteiger partial charge is 0.335 e. The van der Waals surface area contributed by atoms with Crippen molar-refractivity contribution in [1.29, 1.82) is 0 Å². The van der Waals surface area contributed by atoms with Crippen LogP contribution in [0.25, 0.3) is 0 Å². The van der Waals surface area contributed by atoms with Crippen LogP contribution in [0, 0.1) is 17.8 Å². The lowest BCUT2D eigenvalue weighted by atomic mass is 9.89. The summed E-state index contributed by atoms with van der Waals surface area (Å²) in [6.07, 6.45) is 8.76. The normalized spacial score (nSPS) is 17.8. The minimum atomic E-state index is -2.26. The van der Waals surface area contributed by atoms with Crippen LogP contribution in [0.4, 0.5) is 0 Å². The SMILES string of the molecule is CCCCCCCCCCC(O)C(O)CCCCC(C)CC(C)/C=C(\C)C(=O)C(C)C(=O)OC(CO)C(O)C(O)C(=O)O. The Kier molecular flexibility index (Phi) is 22.5. The summed E-state index contributed by atoms with van der Waals surface area (Å²) in [6.45, 7) is 8.31. The number of esters is 1. The Morgan fingerprint density at radius 3 is 1.77 bits per heavy atom. The van der Waals surface area contributed by atoms with Crippen LogP contribution in [-0.4, -0.2) is 85.5 Å². The first-order chi connectivity index (χ1) is 20.3. The van der Waals surface area contributed by atoms with Gasteiger partial charge in [0.2, 0.25) is 0 Å². The molecule has 0 heterocycles. The molecule has 0 aromatic rings. The van der Waals surface area contributed by atoms with E-state index in [0.29, 0.717) is 24.3 Å². The minimum absolute atomic E-state index is 0.0546. The monoisotopic (exact) mass is 616 g/mol. The predicted molar refractivity (Wildman–Crippen MR) is 165 cm³/mol. The fourth-order valence-electron chi connectivity index (χ4n) is 5.31. The maximum Gasteiger partial charge on any atom is 0.335 e. The zero-order chi connectivity index (χ0) is 32.9. The molecule has 8 unspecified atom stereocenters. The maximum atomic E-state index is 12.8. The van der Waals surface area contributed by atoms with E-state index in [9.17, 15) is 39.9 Å². The van der Waals surface area contributed by atoms with Gasteiger partial charge in [0.1, 0.15) is 12.0 Å². The Balaban J connectivity index is 4.44. The summed E-state index contributed by atoms with van der Waals surface area (Å²) < 4.78 is 4.92. The topological polar surface area (TPSA) is 182 Å². The summed E-state index contributed by atoms with van der Waals surface area (Å²) >= 11 is 0. The molecule has 0 aromatic heterocycles. The number of hydrogen-bond acceptors (Lipinski definition) is 9. The van der Waals surface area contributed by atoms with E-state index in [4.69, 9.17) is 9.84 Å². The number of carbonyl (C=O) groups excluding carboxylic acids is 2. The van der Waals surface area contributed by atoms with Crippen LogP contribution >= 0.6 is 0 Å². The van der Waals surface area contributed by atoms with Crippen LogP contribution in [0.1, 0.15) is 125 Å². The van der Waals surface area contributed by atoms with E-state index in [1.54, 1.807) is 13.0 Å². The summed E-state index contributed by atoms with van der Waals surface area (Å²) in [6, 6.07) is 0. The molecule has 0 rings (SSSR count). The lowest BCUT2D eigenvalue weighted by Crippen LogP contribution is -2.46. The number of aliphatic hydroxyl groups excluding tert-OH is 5. The number of hydrogen-bond donors (Lipinski definition) is 6. The van der Waals surface area contributed by atoms with Crippen molar-refractivity contribution in [2.75, 3.05) is 6.61 Å². The van der Waals surface area contributed by atoms with Gasteiger partial charge in [-0.05, 0) is 50.5 Å². The molecule has 0 radical (unpaired) electrons. The second-order valence-corrected chi connectivity index (χ2v) is 12.4. The third-order valence-electron chi connectivity index (χ3n) is 8.09. The van der Waals surface area contributed by atoms with Gasteiger partial charge in [0.15, 0.2) is 18.0 Å². The number of ketones is 1. The van der Waals surface area contributed by atoms with Gasteiger partial charge in [-0.3, -0.25) is 9.59 Å². The first kappa shape index (κ1) is 41.1. The van der Waals surface area contributed by atoms with Crippen LogP contribution in [0.15, 0.2) is 11.6 Å². The number of allylic oxidation sites excluding steroid dienone is 2. The summed E-state index contributed by atoms with van der Waals surface area (Å²) in [7, 11) is 0. The Bertz CT molecular complexity index is 814. The van der Waals surface area contributed by atoms with Gasteiger partial charge in [-0.15, -0.1) is 0 Å². The van der Waals surface area contributed by atoms with Crippen molar-refractivity contribution in [3.05, 3.63) is 11.6 Å². The van der Waals surface area contributed by atoms with E-state index < -0.39 is 60.8 Å². The summed E-state index contributed by atoms with van der Waals surface area (Å²) in [5, 5.41) is 58.0. The Morgan fingerprint density at radius 2 is 1.26 bits per heavy atom. The molecular weight excluding hydrogens is 556 g/mol. The highest BCUT2D eigenvalue weighted by Gasteiger charge is 2.35. The van der Waals surface area contributed by atoms with Gasteiger partial charge in [-0.1, -0.05) is 97.5 Å². The van der Waals surface area contributed by atoms with Crippen LogP contribution in [0.5, 0.6) is 0 Å². The van der Waals surface area contributed by atoms with Crippen molar-refractivity contribution >= 4 is 17.7 Å². The predicted octanol–water partition coefficient (Wildman–Crippen LogP) is 4.32. The number of aliphatic carboxylic acids is 1. The summed E-state index contributed by atoms with van der Waals surface area (Å²) in [5.74, 6) is -4.11. The number of ether oxygens (including phenoxy) is 1. The van der Waals surface area contributed by atoms with Gasteiger partial charge >= 0.3 is 11.9 Å². The maximum absolute atomic E-state index is 12.8. The van der Waals surface area contributed by atoms with Crippen LogP contribution in [0.2, 0.25) is 0 Å². The molecule has 0 saturated carbocycles. The van der Waals surface area contributed by atoms with Crippen LogP contribution in [0.3, 0.4) is 0 Å². The molecule has 0 aliphatic heterocycles. The molecule has 252 valence electrons. The fourth-order valence-corrected chi connectivity index (χ4v) is 5.31. The highest BCUT2D eigenvalue weighted by atomic mass is 16.6. The molecular formula is C33H60O10. The molecule has 0 spiro atoms. The van der Waals surface area contributed by atoms with E-state index in [1.807, 2.05) is 6.92 Å². The number of carboxylic acids is 1. The first-order valence-corrected chi connectivity index (χ1v) is 16.3. The number of aliphatic hydroxyl groups is 5. The van der Waals surface area contributed by atoms with Gasteiger partial charge in [0.25, 0.3) is 0 Å². The van der Waals surface area contributed by atoms with Crippen molar-refractivity contribution in [3.8, 4) is 0 Å².